The number of rotatable bonds is 7. The van der Waals surface area contributed by atoms with Gasteiger partial charge >= 0.3 is 0 Å². The van der Waals surface area contributed by atoms with E-state index in [0.29, 0.717) is 29.1 Å². The molecule has 0 fully saturated rings. The first kappa shape index (κ1) is 18.4. The highest BCUT2D eigenvalue weighted by atomic mass is 16.5. The summed E-state index contributed by atoms with van der Waals surface area (Å²) in [4.78, 5) is 20.5. The number of nitrogens with zero attached hydrogens (tertiary/aromatic N) is 3. The average molecular weight is 390 g/mol. The lowest BCUT2D eigenvalue weighted by Gasteiger charge is -2.10. The van der Waals surface area contributed by atoms with E-state index in [1.807, 2.05) is 54.6 Å². The predicted octanol–water partition coefficient (Wildman–Crippen LogP) is 2.99. The molecule has 2 aromatic heterocycles. The summed E-state index contributed by atoms with van der Waals surface area (Å²) in [6.45, 7) is 0.120. The minimum atomic E-state index is -0.291. The number of carbonyl (C=O) groups excluding carboxylic acids is 1. The van der Waals surface area contributed by atoms with Gasteiger partial charge in [0.25, 0.3) is 11.6 Å². The number of fused-ring (bicyclic) bond motifs is 1. The highest BCUT2D eigenvalue weighted by Crippen LogP contribution is 2.32. The number of methoxy groups -OCH3 is 1. The molecule has 4 rings (SSSR count). The summed E-state index contributed by atoms with van der Waals surface area (Å²) in [6, 6.07) is 17.0. The van der Waals surface area contributed by atoms with E-state index in [4.69, 9.17) is 14.0 Å². The van der Waals surface area contributed by atoms with E-state index in [2.05, 4.69) is 20.4 Å². The number of aromatic nitrogens is 3. The second-order valence-electron chi connectivity index (χ2n) is 6.13. The van der Waals surface area contributed by atoms with Crippen molar-refractivity contribution in [1.29, 1.82) is 0 Å². The van der Waals surface area contributed by atoms with Gasteiger partial charge in [-0.2, -0.15) is 4.98 Å². The van der Waals surface area contributed by atoms with Crippen LogP contribution in [0, 0.1) is 0 Å². The first-order valence-corrected chi connectivity index (χ1v) is 8.93. The summed E-state index contributed by atoms with van der Waals surface area (Å²) >= 11 is 0. The molecular weight excluding hydrogens is 372 g/mol. The van der Waals surface area contributed by atoms with E-state index in [0.717, 1.165) is 11.1 Å². The van der Waals surface area contributed by atoms with E-state index in [1.165, 1.54) is 6.33 Å². The van der Waals surface area contributed by atoms with Gasteiger partial charge in [-0.05, 0) is 6.07 Å². The van der Waals surface area contributed by atoms with Gasteiger partial charge in [-0.25, -0.2) is 4.98 Å². The van der Waals surface area contributed by atoms with Crippen molar-refractivity contribution in [2.45, 2.75) is 6.54 Å². The molecule has 0 saturated carbocycles. The zero-order valence-electron chi connectivity index (χ0n) is 15.7. The lowest BCUT2D eigenvalue weighted by Crippen LogP contribution is -2.28. The number of ether oxygens (including phenoxy) is 2. The van der Waals surface area contributed by atoms with Crippen molar-refractivity contribution < 1.29 is 18.8 Å². The number of para-hydroxylation sites is 1. The first-order chi connectivity index (χ1) is 14.3. The van der Waals surface area contributed by atoms with Gasteiger partial charge in [-0.1, -0.05) is 53.7 Å². The van der Waals surface area contributed by atoms with Crippen LogP contribution in [0.1, 0.15) is 5.56 Å². The summed E-state index contributed by atoms with van der Waals surface area (Å²) in [5, 5.41) is 7.41. The molecule has 0 saturated heterocycles. The summed E-state index contributed by atoms with van der Waals surface area (Å²) in [7, 11) is 1.59. The molecule has 0 aliphatic heterocycles. The third-order valence-corrected chi connectivity index (χ3v) is 4.29. The molecule has 1 N–H and O–H groups in total. The van der Waals surface area contributed by atoms with Crippen molar-refractivity contribution in [3.05, 3.63) is 66.5 Å². The molecule has 1 amide bonds. The quantitative estimate of drug-likeness (QED) is 0.518. The number of carbonyl (C=O) groups is 1. The van der Waals surface area contributed by atoms with Gasteiger partial charge in [0.05, 0.1) is 7.11 Å². The Labute approximate surface area is 166 Å². The Bertz CT molecular complexity index is 1130. The van der Waals surface area contributed by atoms with Crippen molar-refractivity contribution >= 4 is 17.0 Å². The highest BCUT2D eigenvalue weighted by molar-refractivity contribution is 5.93. The molecule has 2 aromatic carbocycles. The largest absolute Gasteiger partial charge is 0.496 e. The Morgan fingerprint density at radius 1 is 1.07 bits per heavy atom. The monoisotopic (exact) mass is 390 g/mol. The van der Waals surface area contributed by atoms with Crippen molar-refractivity contribution in [1.82, 2.24) is 20.4 Å². The van der Waals surface area contributed by atoms with Crippen LogP contribution in [0.15, 0.2) is 65.4 Å². The molecule has 0 unspecified atom stereocenters. The number of hydrogen-bond acceptors (Lipinski definition) is 7. The minimum absolute atomic E-state index is 0.208. The van der Waals surface area contributed by atoms with Crippen LogP contribution in [0.25, 0.3) is 22.4 Å². The van der Waals surface area contributed by atoms with E-state index >= 15 is 0 Å². The SMILES string of the molecule is COc1ccccc1CNC(=O)COc1ncnc2onc(-c3ccccc3)c12. The maximum absolute atomic E-state index is 12.3. The third-order valence-electron chi connectivity index (χ3n) is 4.29. The molecule has 29 heavy (non-hydrogen) atoms. The predicted molar refractivity (Wildman–Crippen MR) is 105 cm³/mol. The van der Waals surface area contributed by atoms with Gasteiger partial charge in [0.2, 0.25) is 5.88 Å². The Hall–Kier alpha value is -3.94. The third kappa shape index (κ3) is 4.01. The fourth-order valence-electron chi connectivity index (χ4n) is 2.89. The van der Waals surface area contributed by atoms with Gasteiger partial charge in [0, 0.05) is 17.7 Å². The molecule has 0 radical (unpaired) electrons. The van der Waals surface area contributed by atoms with Crippen LogP contribution >= 0.6 is 0 Å². The summed E-state index contributed by atoms with van der Waals surface area (Å²) in [6.07, 6.45) is 1.31. The molecule has 0 aliphatic rings. The molecule has 0 bridgehead atoms. The molecule has 0 atom stereocenters. The smallest absolute Gasteiger partial charge is 0.265 e. The lowest BCUT2D eigenvalue weighted by atomic mass is 10.1. The van der Waals surface area contributed by atoms with Crippen LogP contribution in [0.4, 0.5) is 0 Å². The van der Waals surface area contributed by atoms with E-state index in [-0.39, 0.29) is 18.4 Å². The number of benzene rings is 2. The lowest BCUT2D eigenvalue weighted by molar-refractivity contribution is -0.123. The van der Waals surface area contributed by atoms with Crippen molar-refractivity contribution in [3.8, 4) is 22.9 Å². The maximum Gasteiger partial charge on any atom is 0.265 e. The van der Waals surface area contributed by atoms with Crippen LogP contribution in [-0.2, 0) is 11.3 Å². The second-order valence-corrected chi connectivity index (χ2v) is 6.13. The zero-order chi connectivity index (χ0) is 20.1. The zero-order valence-corrected chi connectivity index (χ0v) is 15.7. The molecule has 8 nitrogen and oxygen atoms in total. The fraction of sp³-hybridized carbons (Fsp3) is 0.143. The first-order valence-electron chi connectivity index (χ1n) is 8.93. The summed E-state index contributed by atoms with van der Waals surface area (Å²) in [5.41, 5.74) is 2.57. The standard InChI is InChI=1S/C21H18N4O4/c1-27-16-10-6-5-9-15(16)11-22-17(26)12-28-20-18-19(14-7-3-2-4-8-14)25-29-21(18)24-13-23-20/h2-10,13H,11-12H2,1H3,(H,22,26). The molecule has 4 aromatic rings. The Morgan fingerprint density at radius 3 is 2.69 bits per heavy atom. The second kappa shape index (κ2) is 8.39. The minimum Gasteiger partial charge on any atom is -0.496 e. The molecular formula is C21H18N4O4. The highest BCUT2D eigenvalue weighted by Gasteiger charge is 2.18. The Balaban J connectivity index is 1.47. The van der Waals surface area contributed by atoms with Crippen LogP contribution < -0.4 is 14.8 Å². The van der Waals surface area contributed by atoms with Gasteiger partial charge in [0.15, 0.2) is 6.61 Å². The van der Waals surface area contributed by atoms with Gasteiger partial charge < -0.3 is 19.3 Å². The van der Waals surface area contributed by atoms with Gasteiger partial charge in [-0.15, -0.1) is 0 Å². The topological polar surface area (TPSA) is 99.4 Å². The maximum atomic E-state index is 12.3. The van der Waals surface area contributed by atoms with Crippen molar-refractivity contribution in [2.24, 2.45) is 0 Å². The molecule has 8 heteroatoms. The summed E-state index contributed by atoms with van der Waals surface area (Å²) < 4.78 is 16.2. The molecule has 0 spiro atoms. The van der Waals surface area contributed by atoms with Crippen LogP contribution in [0.2, 0.25) is 0 Å². The van der Waals surface area contributed by atoms with E-state index in [1.54, 1.807) is 7.11 Å². The summed E-state index contributed by atoms with van der Waals surface area (Å²) in [5.74, 6) is 0.658. The van der Waals surface area contributed by atoms with Crippen LogP contribution in [0.3, 0.4) is 0 Å². The number of hydrogen-bond donors (Lipinski definition) is 1. The van der Waals surface area contributed by atoms with Gasteiger partial charge in [-0.3, -0.25) is 4.79 Å². The van der Waals surface area contributed by atoms with Crippen molar-refractivity contribution in [2.75, 3.05) is 13.7 Å². The van der Waals surface area contributed by atoms with E-state index in [9.17, 15) is 4.79 Å². The van der Waals surface area contributed by atoms with Crippen LogP contribution in [-0.4, -0.2) is 34.7 Å². The molecule has 2 heterocycles. The average Bonchev–Trinajstić information content (AvgIpc) is 3.22. The Kier molecular flexibility index (Phi) is 5.33. The Morgan fingerprint density at radius 2 is 1.86 bits per heavy atom. The van der Waals surface area contributed by atoms with E-state index < -0.39 is 0 Å². The molecule has 146 valence electrons. The fourth-order valence-corrected chi connectivity index (χ4v) is 2.89. The normalized spacial score (nSPS) is 10.7. The van der Waals surface area contributed by atoms with Crippen molar-refractivity contribution in [3.63, 3.8) is 0 Å². The molecule has 0 aliphatic carbocycles. The van der Waals surface area contributed by atoms with Gasteiger partial charge in [0.1, 0.15) is 23.2 Å². The number of amides is 1. The van der Waals surface area contributed by atoms with Crippen LogP contribution in [0.5, 0.6) is 11.6 Å². The number of nitrogens with one attached hydrogen (secondary N) is 1.